The maximum Gasteiger partial charge on any atom is 0.573 e. The van der Waals surface area contributed by atoms with E-state index in [4.69, 9.17) is 23.2 Å². The summed E-state index contributed by atoms with van der Waals surface area (Å²) in [5.41, 5.74) is 0. The van der Waals surface area contributed by atoms with Crippen molar-refractivity contribution in [3.8, 4) is 5.75 Å². The second-order valence-electron chi connectivity index (χ2n) is 2.04. The summed E-state index contributed by atoms with van der Waals surface area (Å²) in [7, 11) is 0. The number of rotatable bonds is 1. The molecule has 1 radical (unpaired) electrons. The summed E-state index contributed by atoms with van der Waals surface area (Å²) >= 11 is 10.8. The predicted molar refractivity (Wildman–Crippen MR) is 42.0 cm³/mol. The Bertz CT molecular complexity index is 311. The summed E-state index contributed by atoms with van der Waals surface area (Å²) in [4.78, 5) is 0. The number of ether oxygens (including phenoxy) is 1. The molecule has 1 aromatic carbocycles. The average molecular weight is 230 g/mol. The van der Waals surface area contributed by atoms with Crippen molar-refractivity contribution in [3.05, 3.63) is 28.2 Å². The van der Waals surface area contributed by atoms with Gasteiger partial charge in [-0.3, -0.25) is 0 Å². The van der Waals surface area contributed by atoms with Gasteiger partial charge < -0.3 is 4.74 Å². The summed E-state index contributed by atoms with van der Waals surface area (Å²) in [5, 5.41) is -0.189. The lowest BCUT2D eigenvalue weighted by Crippen LogP contribution is -2.17. The van der Waals surface area contributed by atoms with Crippen LogP contribution in [0.4, 0.5) is 13.2 Å². The molecule has 1 nitrogen and oxygen atoms in total. The molecule has 71 valence electrons. The molecule has 0 fully saturated rings. The molecule has 0 atom stereocenters. The van der Waals surface area contributed by atoms with Gasteiger partial charge in [-0.15, -0.1) is 13.2 Å². The van der Waals surface area contributed by atoms with Gasteiger partial charge in [-0.25, -0.2) is 0 Å². The van der Waals surface area contributed by atoms with E-state index < -0.39 is 12.1 Å². The molecule has 0 saturated carbocycles. The maximum absolute atomic E-state index is 11.7. The first-order chi connectivity index (χ1) is 5.88. The third-order valence-corrected chi connectivity index (χ3v) is 1.57. The monoisotopic (exact) mass is 229 g/mol. The van der Waals surface area contributed by atoms with E-state index in [1.165, 1.54) is 0 Å². The van der Waals surface area contributed by atoms with Gasteiger partial charge in [0.15, 0.2) is 0 Å². The van der Waals surface area contributed by atoms with Crippen LogP contribution in [0, 0.1) is 6.07 Å². The average Bonchev–Trinajstić information content (AvgIpc) is 1.94. The molecule has 0 N–H and O–H groups in total. The first kappa shape index (κ1) is 10.5. The van der Waals surface area contributed by atoms with Gasteiger partial charge in [0, 0.05) is 12.1 Å². The highest BCUT2D eigenvalue weighted by atomic mass is 35.5. The lowest BCUT2D eigenvalue weighted by atomic mass is 10.3. The van der Waals surface area contributed by atoms with Crippen LogP contribution in [-0.4, -0.2) is 6.36 Å². The molecule has 1 aromatic rings. The minimum atomic E-state index is -4.77. The zero-order valence-electron chi connectivity index (χ0n) is 5.95. The molecule has 0 spiro atoms. The van der Waals surface area contributed by atoms with Crippen LogP contribution in [0.1, 0.15) is 0 Å². The molecule has 0 aliphatic heterocycles. The van der Waals surface area contributed by atoms with E-state index in [2.05, 4.69) is 10.8 Å². The van der Waals surface area contributed by atoms with Crippen molar-refractivity contribution >= 4 is 23.2 Å². The van der Waals surface area contributed by atoms with Gasteiger partial charge in [0.2, 0.25) is 0 Å². The lowest BCUT2D eigenvalue weighted by Gasteiger charge is -2.09. The summed E-state index contributed by atoms with van der Waals surface area (Å²) in [6.45, 7) is 0. The zero-order valence-corrected chi connectivity index (χ0v) is 7.46. The van der Waals surface area contributed by atoms with Crippen LogP contribution in [0.5, 0.6) is 5.75 Å². The van der Waals surface area contributed by atoms with Gasteiger partial charge in [-0.1, -0.05) is 23.2 Å². The van der Waals surface area contributed by atoms with E-state index in [0.29, 0.717) is 0 Å². The quantitative estimate of drug-likeness (QED) is 0.714. The van der Waals surface area contributed by atoms with Crippen LogP contribution < -0.4 is 4.74 Å². The third-order valence-electron chi connectivity index (χ3n) is 1.06. The highest BCUT2D eigenvalue weighted by Crippen LogP contribution is 2.31. The molecule has 0 aliphatic carbocycles. The Morgan fingerprint density at radius 2 is 1.92 bits per heavy atom. The Kier molecular flexibility index (Phi) is 2.93. The van der Waals surface area contributed by atoms with Gasteiger partial charge in [-0.2, -0.15) is 0 Å². The zero-order chi connectivity index (χ0) is 10.1. The third kappa shape index (κ3) is 3.32. The first-order valence-electron chi connectivity index (χ1n) is 3.01. The van der Waals surface area contributed by atoms with Gasteiger partial charge in [-0.05, 0) is 6.07 Å². The van der Waals surface area contributed by atoms with Crippen molar-refractivity contribution < 1.29 is 17.9 Å². The predicted octanol–water partition coefficient (Wildman–Crippen LogP) is 3.69. The van der Waals surface area contributed by atoms with E-state index in [1.807, 2.05) is 0 Å². The summed E-state index contributed by atoms with van der Waals surface area (Å²) in [5.74, 6) is -0.530. The second kappa shape index (κ2) is 3.64. The van der Waals surface area contributed by atoms with Crippen LogP contribution in [0.25, 0.3) is 0 Å². The maximum atomic E-state index is 11.7. The largest absolute Gasteiger partial charge is 0.573 e. The van der Waals surface area contributed by atoms with E-state index in [9.17, 15) is 13.2 Å². The van der Waals surface area contributed by atoms with Crippen LogP contribution in [0.3, 0.4) is 0 Å². The minimum Gasteiger partial charge on any atom is -0.404 e. The smallest absolute Gasteiger partial charge is 0.404 e. The Balaban J connectivity index is 2.94. The highest BCUT2D eigenvalue weighted by Gasteiger charge is 2.32. The molecule has 0 heterocycles. The Labute approximate surface area is 82.0 Å². The SMILES string of the molecule is FC(F)(F)Oc1cc(Cl)[c]cc1Cl. The van der Waals surface area contributed by atoms with E-state index >= 15 is 0 Å². The summed E-state index contributed by atoms with van der Waals surface area (Å²) in [6, 6.07) is 4.46. The normalized spacial score (nSPS) is 11.5. The van der Waals surface area contributed by atoms with E-state index in [-0.39, 0.29) is 10.0 Å². The van der Waals surface area contributed by atoms with Gasteiger partial charge in [0.25, 0.3) is 0 Å². The molecule has 0 bridgehead atoms. The van der Waals surface area contributed by atoms with Crippen molar-refractivity contribution in [2.75, 3.05) is 0 Å². The van der Waals surface area contributed by atoms with Crippen LogP contribution in [0.2, 0.25) is 10.0 Å². The van der Waals surface area contributed by atoms with Crippen molar-refractivity contribution in [3.63, 3.8) is 0 Å². The first-order valence-corrected chi connectivity index (χ1v) is 3.76. The molecule has 0 saturated heterocycles. The minimum absolute atomic E-state index is 0.00338. The molecule has 0 aliphatic rings. The van der Waals surface area contributed by atoms with Gasteiger partial charge in [0.1, 0.15) is 5.75 Å². The molecular formula is C7H2Cl2F3O. The Hall–Kier alpha value is -0.610. The van der Waals surface area contributed by atoms with E-state index in [0.717, 1.165) is 12.1 Å². The second-order valence-corrected chi connectivity index (χ2v) is 2.86. The highest BCUT2D eigenvalue weighted by molar-refractivity contribution is 6.34. The molecule has 0 amide bonds. The van der Waals surface area contributed by atoms with Crippen LogP contribution in [0.15, 0.2) is 12.1 Å². The standard InChI is InChI=1S/C7H2Cl2F3O/c8-4-1-2-5(9)6(3-4)13-7(10,11)12/h2-3H. The molecule has 6 heteroatoms. The number of benzene rings is 1. The van der Waals surface area contributed by atoms with E-state index in [1.54, 1.807) is 0 Å². The fraction of sp³-hybridized carbons (Fsp3) is 0.143. The van der Waals surface area contributed by atoms with Crippen molar-refractivity contribution in [2.45, 2.75) is 6.36 Å². The molecule has 1 rings (SSSR count). The Morgan fingerprint density at radius 3 is 2.46 bits per heavy atom. The lowest BCUT2D eigenvalue weighted by molar-refractivity contribution is -0.274. The van der Waals surface area contributed by atoms with Crippen molar-refractivity contribution in [1.29, 1.82) is 0 Å². The number of hydrogen-bond donors (Lipinski definition) is 0. The molecular weight excluding hydrogens is 228 g/mol. The summed E-state index contributed by atoms with van der Waals surface area (Å²) < 4.78 is 38.7. The molecule has 0 aromatic heterocycles. The summed E-state index contributed by atoms with van der Waals surface area (Å²) in [6.07, 6.45) is -4.77. The Morgan fingerprint density at radius 1 is 1.31 bits per heavy atom. The fourth-order valence-electron chi connectivity index (χ4n) is 0.632. The van der Waals surface area contributed by atoms with Crippen LogP contribution in [-0.2, 0) is 0 Å². The number of halogens is 5. The molecule has 13 heavy (non-hydrogen) atoms. The van der Waals surface area contributed by atoms with Gasteiger partial charge in [0.05, 0.1) is 10.0 Å². The van der Waals surface area contributed by atoms with Crippen LogP contribution >= 0.6 is 23.2 Å². The molecule has 0 unspecified atom stereocenters. The van der Waals surface area contributed by atoms with Gasteiger partial charge >= 0.3 is 6.36 Å². The topological polar surface area (TPSA) is 9.23 Å². The number of hydrogen-bond acceptors (Lipinski definition) is 1. The number of alkyl halides is 3. The fourth-order valence-corrected chi connectivity index (χ4v) is 0.933. The van der Waals surface area contributed by atoms with Crippen molar-refractivity contribution in [2.24, 2.45) is 0 Å². The van der Waals surface area contributed by atoms with Crippen molar-refractivity contribution in [1.82, 2.24) is 0 Å².